The van der Waals surface area contributed by atoms with Crippen molar-refractivity contribution in [3.05, 3.63) is 0 Å². The number of carbonyl (C=O) groups excluding carboxylic acids is 1. The van der Waals surface area contributed by atoms with Gasteiger partial charge in [-0.2, -0.15) is 0 Å². The Kier molecular flexibility index (Phi) is 6.45. The van der Waals surface area contributed by atoms with Crippen LogP contribution in [0.15, 0.2) is 0 Å². The topological polar surface area (TPSA) is 86.7 Å². The highest BCUT2D eigenvalue weighted by Gasteiger charge is 2.45. The summed E-state index contributed by atoms with van der Waals surface area (Å²) in [5, 5.41) is 12.1. The van der Waals surface area contributed by atoms with E-state index >= 15 is 0 Å². The Morgan fingerprint density at radius 1 is 1.45 bits per heavy atom. The molecule has 0 spiro atoms. The van der Waals surface area contributed by atoms with Crippen LogP contribution in [0.5, 0.6) is 0 Å². The van der Waals surface area contributed by atoms with E-state index in [9.17, 15) is 18.9 Å². The normalized spacial score (nSPS) is 23.6. The van der Waals surface area contributed by atoms with Crippen LogP contribution >= 0.6 is 0 Å². The van der Waals surface area contributed by atoms with Crippen LogP contribution in [-0.2, 0) is 15.6 Å². The Balaban J connectivity index is 2.43. The number of amides is 2. The summed E-state index contributed by atoms with van der Waals surface area (Å²) in [6.45, 7) is 3.20. The molecule has 0 radical (unpaired) electrons. The third-order valence-electron chi connectivity index (χ3n) is 3.71. The maximum absolute atomic E-state index is 12.0. The highest BCUT2D eigenvalue weighted by molar-refractivity contribution is 7.84. The van der Waals surface area contributed by atoms with E-state index in [1.807, 2.05) is 6.92 Å². The minimum Gasteiger partial charge on any atom is -0.481 e. The molecule has 1 fully saturated rings. The van der Waals surface area contributed by atoms with Gasteiger partial charge in [-0.3, -0.25) is 9.00 Å². The van der Waals surface area contributed by atoms with Crippen molar-refractivity contribution in [2.75, 3.05) is 31.6 Å². The lowest BCUT2D eigenvalue weighted by atomic mass is 9.83. The van der Waals surface area contributed by atoms with Gasteiger partial charge < -0.3 is 15.3 Å². The van der Waals surface area contributed by atoms with Crippen LogP contribution in [0.3, 0.4) is 0 Å². The number of nitrogens with zero attached hydrogens (tertiary/aromatic N) is 1. The van der Waals surface area contributed by atoms with Crippen LogP contribution in [0.4, 0.5) is 4.79 Å². The van der Waals surface area contributed by atoms with Gasteiger partial charge in [-0.15, -0.1) is 0 Å². The molecule has 0 aromatic carbocycles. The average molecular weight is 304 g/mol. The van der Waals surface area contributed by atoms with Gasteiger partial charge in [0.05, 0.1) is 5.41 Å². The molecule has 1 saturated heterocycles. The lowest BCUT2D eigenvalue weighted by Gasteiger charge is -2.24. The number of carboxylic acid groups (broad SMARTS) is 1. The molecule has 20 heavy (non-hydrogen) atoms. The molecule has 2 unspecified atom stereocenters. The maximum atomic E-state index is 12.0. The molecular weight excluding hydrogens is 280 g/mol. The fraction of sp³-hybridized carbons (Fsp3) is 0.846. The fourth-order valence-corrected chi connectivity index (χ4v) is 3.14. The summed E-state index contributed by atoms with van der Waals surface area (Å²) in [6, 6.07) is -0.217. The second kappa shape index (κ2) is 7.61. The highest BCUT2D eigenvalue weighted by atomic mass is 32.2. The second-order valence-electron chi connectivity index (χ2n) is 5.37. The Labute approximate surface area is 122 Å². The summed E-state index contributed by atoms with van der Waals surface area (Å²) in [4.78, 5) is 25.0. The molecule has 1 heterocycles. The van der Waals surface area contributed by atoms with Crippen molar-refractivity contribution < 1.29 is 18.9 Å². The molecule has 2 amide bonds. The van der Waals surface area contributed by atoms with E-state index in [2.05, 4.69) is 5.32 Å². The Bertz CT molecular complexity index is 389. The van der Waals surface area contributed by atoms with Gasteiger partial charge in [0.25, 0.3) is 0 Å². The average Bonchev–Trinajstić information content (AvgIpc) is 2.80. The third kappa shape index (κ3) is 4.47. The predicted molar refractivity (Wildman–Crippen MR) is 78.1 cm³/mol. The van der Waals surface area contributed by atoms with Gasteiger partial charge in [-0.25, -0.2) is 4.79 Å². The molecule has 0 saturated carbocycles. The number of carbonyl (C=O) groups is 2. The van der Waals surface area contributed by atoms with Crippen LogP contribution in [0.2, 0.25) is 0 Å². The Morgan fingerprint density at radius 2 is 2.15 bits per heavy atom. The van der Waals surface area contributed by atoms with Gasteiger partial charge >= 0.3 is 12.0 Å². The maximum Gasteiger partial charge on any atom is 0.317 e. The number of likely N-dealkylation sites (tertiary alicyclic amines) is 1. The van der Waals surface area contributed by atoms with Gasteiger partial charge in [-0.1, -0.05) is 13.3 Å². The zero-order chi connectivity index (χ0) is 15.2. The lowest BCUT2D eigenvalue weighted by molar-refractivity contribution is -0.148. The molecule has 0 bridgehead atoms. The number of hydrogen-bond acceptors (Lipinski definition) is 3. The van der Waals surface area contributed by atoms with Crippen molar-refractivity contribution >= 4 is 22.8 Å². The van der Waals surface area contributed by atoms with Crippen LogP contribution in [-0.4, -0.2) is 57.9 Å². The van der Waals surface area contributed by atoms with E-state index in [1.54, 1.807) is 11.2 Å². The molecule has 116 valence electrons. The summed E-state index contributed by atoms with van der Waals surface area (Å²) in [6.07, 6.45) is 4.21. The smallest absolute Gasteiger partial charge is 0.317 e. The van der Waals surface area contributed by atoms with E-state index in [0.29, 0.717) is 38.1 Å². The first kappa shape index (κ1) is 16.9. The number of carboxylic acids is 1. The summed E-state index contributed by atoms with van der Waals surface area (Å²) in [5.41, 5.74) is -0.781. The second-order valence-corrected chi connectivity index (χ2v) is 6.92. The van der Waals surface area contributed by atoms with Gasteiger partial charge in [0.15, 0.2) is 0 Å². The zero-order valence-corrected chi connectivity index (χ0v) is 13.0. The number of hydrogen-bond donors (Lipinski definition) is 2. The van der Waals surface area contributed by atoms with E-state index in [0.717, 1.165) is 6.42 Å². The molecule has 2 atom stereocenters. The van der Waals surface area contributed by atoms with Crippen LogP contribution in [0.25, 0.3) is 0 Å². The first-order chi connectivity index (χ1) is 9.41. The van der Waals surface area contributed by atoms with E-state index in [-0.39, 0.29) is 12.6 Å². The standard InChI is InChI=1S/C13H24N2O4S/c1-3-5-13(11(16)17)6-8-15(10-13)12(18)14-7-4-9-20(2)19/h3-10H2,1-2H3,(H,14,18)(H,16,17). The first-order valence-electron chi connectivity index (χ1n) is 6.97. The van der Waals surface area contributed by atoms with Crippen molar-refractivity contribution in [2.24, 2.45) is 5.41 Å². The van der Waals surface area contributed by atoms with Crippen molar-refractivity contribution in [2.45, 2.75) is 32.6 Å². The molecule has 1 aliphatic rings. The van der Waals surface area contributed by atoms with Crippen LogP contribution in [0, 0.1) is 5.41 Å². The molecule has 7 heteroatoms. The Morgan fingerprint density at radius 3 is 2.70 bits per heavy atom. The largest absolute Gasteiger partial charge is 0.481 e. The van der Waals surface area contributed by atoms with E-state index < -0.39 is 22.2 Å². The molecule has 0 aromatic heterocycles. The predicted octanol–water partition coefficient (Wildman–Crippen LogP) is 1.04. The van der Waals surface area contributed by atoms with Crippen molar-refractivity contribution in [3.8, 4) is 0 Å². The molecule has 2 N–H and O–H groups in total. The zero-order valence-electron chi connectivity index (χ0n) is 12.2. The van der Waals surface area contributed by atoms with Gasteiger partial charge in [-0.05, 0) is 19.3 Å². The SMILES string of the molecule is CCCC1(C(=O)O)CCN(C(=O)NCCCS(C)=O)C1. The molecule has 0 aliphatic carbocycles. The number of rotatable bonds is 7. The number of urea groups is 1. The van der Waals surface area contributed by atoms with Crippen molar-refractivity contribution in [1.82, 2.24) is 10.2 Å². The van der Waals surface area contributed by atoms with Crippen LogP contribution in [0.1, 0.15) is 32.6 Å². The highest BCUT2D eigenvalue weighted by Crippen LogP contribution is 2.35. The molecule has 1 rings (SSSR count). The molecule has 6 nitrogen and oxygen atoms in total. The lowest BCUT2D eigenvalue weighted by Crippen LogP contribution is -2.42. The fourth-order valence-electron chi connectivity index (χ4n) is 2.59. The summed E-state index contributed by atoms with van der Waals surface area (Å²) in [7, 11) is -0.846. The summed E-state index contributed by atoms with van der Waals surface area (Å²) in [5.74, 6) is -0.245. The molecule has 0 aromatic rings. The van der Waals surface area contributed by atoms with E-state index in [1.165, 1.54) is 0 Å². The van der Waals surface area contributed by atoms with Crippen molar-refractivity contribution in [1.29, 1.82) is 0 Å². The third-order valence-corrected chi connectivity index (χ3v) is 4.57. The van der Waals surface area contributed by atoms with Gasteiger partial charge in [0.2, 0.25) is 0 Å². The Hall–Kier alpha value is -1.11. The quantitative estimate of drug-likeness (QED) is 0.688. The summed E-state index contributed by atoms with van der Waals surface area (Å²) < 4.78 is 10.9. The van der Waals surface area contributed by atoms with Gasteiger partial charge in [0, 0.05) is 42.4 Å². The number of nitrogens with one attached hydrogen (secondary N) is 1. The van der Waals surface area contributed by atoms with Gasteiger partial charge in [0.1, 0.15) is 0 Å². The van der Waals surface area contributed by atoms with Crippen molar-refractivity contribution in [3.63, 3.8) is 0 Å². The first-order valence-corrected chi connectivity index (χ1v) is 8.70. The molecular formula is C13H24N2O4S. The summed E-state index contributed by atoms with van der Waals surface area (Å²) >= 11 is 0. The van der Waals surface area contributed by atoms with Crippen LogP contribution < -0.4 is 5.32 Å². The minimum atomic E-state index is -0.846. The monoisotopic (exact) mass is 304 g/mol. The minimum absolute atomic E-state index is 0.217. The number of aliphatic carboxylic acids is 1. The van der Waals surface area contributed by atoms with E-state index in [4.69, 9.17) is 0 Å². The molecule has 1 aliphatic heterocycles.